The molecule has 94 valence electrons. The van der Waals surface area contributed by atoms with Crippen molar-refractivity contribution in [1.29, 1.82) is 0 Å². The number of aromatic nitrogens is 1. The minimum absolute atomic E-state index is 0.333. The molecule has 1 aromatic heterocycles. The van der Waals surface area contributed by atoms with Gasteiger partial charge in [0.05, 0.1) is 19.8 Å². The fourth-order valence-corrected chi connectivity index (χ4v) is 2.18. The number of methoxy groups -OCH3 is 1. The molecule has 1 fully saturated rings. The van der Waals surface area contributed by atoms with Crippen molar-refractivity contribution in [2.45, 2.75) is 44.4 Å². The molecule has 0 atom stereocenters. The summed E-state index contributed by atoms with van der Waals surface area (Å²) in [7, 11) is 1.63. The number of hydrogen-bond acceptors (Lipinski definition) is 4. The molecule has 17 heavy (non-hydrogen) atoms. The maximum Gasteiger partial charge on any atom is 0.218 e. The average Bonchev–Trinajstić information content (AvgIpc) is 2.38. The van der Waals surface area contributed by atoms with E-state index >= 15 is 0 Å². The third-order valence-electron chi connectivity index (χ3n) is 3.24. The highest BCUT2D eigenvalue weighted by Gasteiger charge is 2.19. The Morgan fingerprint density at radius 1 is 1.35 bits per heavy atom. The van der Waals surface area contributed by atoms with Crippen LogP contribution in [0, 0.1) is 0 Å². The van der Waals surface area contributed by atoms with Crippen LogP contribution < -0.4 is 10.5 Å². The molecule has 4 nitrogen and oxygen atoms in total. The average molecular weight is 236 g/mol. The van der Waals surface area contributed by atoms with Crippen molar-refractivity contribution in [2.24, 2.45) is 5.73 Å². The lowest BCUT2D eigenvalue weighted by atomic mass is 9.94. The van der Waals surface area contributed by atoms with Gasteiger partial charge in [0.15, 0.2) is 0 Å². The smallest absolute Gasteiger partial charge is 0.218 e. The van der Waals surface area contributed by atoms with Crippen molar-refractivity contribution >= 4 is 0 Å². The van der Waals surface area contributed by atoms with Crippen LogP contribution in [-0.4, -0.2) is 24.2 Å². The first-order valence-electron chi connectivity index (χ1n) is 6.14. The molecular formula is C13H20N2O2. The molecule has 2 rings (SSSR count). The van der Waals surface area contributed by atoms with Gasteiger partial charge < -0.3 is 15.2 Å². The van der Waals surface area contributed by atoms with E-state index in [4.69, 9.17) is 15.2 Å². The van der Waals surface area contributed by atoms with E-state index in [-0.39, 0.29) is 0 Å². The number of pyridine rings is 1. The molecule has 2 N–H and O–H groups in total. The summed E-state index contributed by atoms with van der Waals surface area (Å²) in [6.07, 6.45) is 6.30. The standard InChI is InChI=1S/C13H20N2O2/c1-16-13-10(3-2-8-15-13)9-17-12-6-4-11(14)5-7-12/h2-3,8,11-12H,4-7,9,14H2,1H3. The summed E-state index contributed by atoms with van der Waals surface area (Å²) in [5, 5.41) is 0. The number of ether oxygens (including phenoxy) is 2. The normalized spacial score (nSPS) is 24.6. The van der Waals surface area contributed by atoms with Crippen LogP contribution in [0.3, 0.4) is 0 Å². The van der Waals surface area contributed by atoms with E-state index < -0.39 is 0 Å². The maximum absolute atomic E-state index is 5.88. The Labute approximate surface area is 102 Å². The highest BCUT2D eigenvalue weighted by atomic mass is 16.5. The Morgan fingerprint density at radius 3 is 2.82 bits per heavy atom. The van der Waals surface area contributed by atoms with Gasteiger partial charge >= 0.3 is 0 Å². The van der Waals surface area contributed by atoms with Crippen molar-refractivity contribution in [2.75, 3.05) is 7.11 Å². The third-order valence-corrected chi connectivity index (χ3v) is 3.24. The zero-order chi connectivity index (χ0) is 12.1. The maximum atomic E-state index is 5.88. The van der Waals surface area contributed by atoms with Gasteiger partial charge in [-0.15, -0.1) is 0 Å². The summed E-state index contributed by atoms with van der Waals surface area (Å²) >= 11 is 0. The lowest BCUT2D eigenvalue weighted by Crippen LogP contribution is -2.30. The Kier molecular flexibility index (Phi) is 4.34. The van der Waals surface area contributed by atoms with E-state index in [1.807, 2.05) is 12.1 Å². The van der Waals surface area contributed by atoms with Gasteiger partial charge in [-0.05, 0) is 37.8 Å². The summed E-state index contributed by atoms with van der Waals surface area (Å²) in [5.41, 5.74) is 6.87. The first-order valence-corrected chi connectivity index (χ1v) is 6.14. The van der Waals surface area contributed by atoms with E-state index in [1.165, 1.54) is 0 Å². The van der Waals surface area contributed by atoms with Gasteiger partial charge in [0, 0.05) is 17.8 Å². The van der Waals surface area contributed by atoms with Crippen LogP contribution in [0.2, 0.25) is 0 Å². The van der Waals surface area contributed by atoms with Gasteiger partial charge in [-0.25, -0.2) is 4.98 Å². The highest BCUT2D eigenvalue weighted by molar-refractivity contribution is 5.24. The molecule has 0 spiro atoms. The van der Waals surface area contributed by atoms with E-state index in [2.05, 4.69) is 4.98 Å². The molecule has 0 saturated heterocycles. The van der Waals surface area contributed by atoms with Crippen molar-refractivity contribution in [3.05, 3.63) is 23.9 Å². The lowest BCUT2D eigenvalue weighted by molar-refractivity contribution is 0.0128. The van der Waals surface area contributed by atoms with Crippen LogP contribution in [0.1, 0.15) is 31.2 Å². The van der Waals surface area contributed by atoms with Crippen LogP contribution >= 0.6 is 0 Å². The molecule has 0 unspecified atom stereocenters. The molecule has 0 aliphatic heterocycles. The second kappa shape index (κ2) is 5.98. The Morgan fingerprint density at radius 2 is 2.12 bits per heavy atom. The van der Waals surface area contributed by atoms with Crippen LogP contribution in [0.15, 0.2) is 18.3 Å². The van der Waals surface area contributed by atoms with E-state index in [0.29, 0.717) is 24.6 Å². The van der Waals surface area contributed by atoms with Crippen molar-refractivity contribution in [3.63, 3.8) is 0 Å². The largest absolute Gasteiger partial charge is 0.481 e. The van der Waals surface area contributed by atoms with Gasteiger partial charge in [0.1, 0.15) is 0 Å². The molecule has 0 bridgehead atoms. The first kappa shape index (κ1) is 12.3. The predicted octanol–water partition coefficient (Wildman–Crippen LogP) is 1.88. The molecule has 1 saturated carbocycles. The zero-order valence-electron chi connectivity index (χ0n) is 10.3. The molecule has 0 aromatic carbocycles. The summed E-state index contributed by atoms with van der Waals surface area (Å²) in [6, 6.07) is 4.25. The first-order chi connectivity index (χ1) is 8.29. The second-order valence-electron chi connectivity index (χ2n) is 4.52. The van der Waals surface area contributed by atoms with E-state index in [0.717, 1.165) is 31.2 Å². The number of hydrogen-bond donors (Lipinski definition) is 1. The van der Waals surface area contributed by atoms with Gasteiger partial charge in [-0.1, -0.05) is 0 Å². The Hall–Kier alpha value is -1.13. The molecule has 1 aliphatic rings. The number of rotatable bonds is 4. The van der Waals surface area contributed by atoms with Crippen LogP contribution in [0.5, 0.6) is 5.88 Å². The highest BCUT2D eigenvalue weighted by Crippen LogP contribution is 2.22. The summed E-state index contributed by atoms with van der Waals surface area (Å²) in [4.78, 5) is 4.15. The Balaban J connectivity index is 1.85. The molecule has 4 heteroatoms. The fraction of sp³-hybridized carbons (Fsp3) is 0.615. The fourth-order valence-electron chi connectivity index (χ4n) is 2.18. The molecule has 1 heterocycles. The van der Waals surface area contributed by atoms with Crippen LogP contribution in [0.4, 0.5) is 0 Å². The number of nitrogens with two attached hydrogens (primary N) is 1. The molecule has 1 aromatic rings. The molecule has 0 radical (unpaired) electrons. The van der Waals surface area contributed by atoms with Crippen molar-refractivity contribution in [1.82, 2.24) is 4.98 Å². The van der Waals surface area contributed by atoms with Gasteiger partial charge in [-0.3, -0.25) is 0 Å². The van der Waals surface area contributed by atoms with Crippen LogP contribution in [0.25, 0.3) is 0 Å². The molecule has 0 amide bonds. The topological polar surface area (TPSA) is 57.4 Å². The monoisotopic (exact) mass is 236 g/mol. The summed E-state index contributed by atoms with van der Waals surface area (Å²) in [5.74, 6) is 0.653. The van der Waals surface area contributed by atoms with Crippen molar-refractivity contribution < 1.29 is 9.47 Å². The summed E-state index contributed by atoms with van der Waals surface area (Å²) in [6.45, 7) is 0.566. The third kappa shape index (κ3) is 3.41. The minimum Gasteiger partial charge on any atom is -0.481 e. The molecule has 1 aliphatic carbocycles. The lowest BCUT2D eigenvalue weighted by Gasteiger charge is -2.26. The van der Waals surface area contributed by atoms with Gasteiger partial charge in [-0.2, -0.15) is 0 Å². The Bertz CT molecular complexity index is 349. The molecular weight excluding hydrogens is 216 g/mol. The van der Waals surface area contributed by atoms with Gasteiger partial charge in [0.2, 0.25) is 5.88 Å². The second-order valence-corrected chi connectivity index (χ2v) is 4.52. The van der Waals surface area contributed by atoms with E-state index in [9.17, 15) is 0 Å². The predicted molar refractivity (Wildman–Crippen MR) is 65.8 cm³/mol. The quantitative estimate of drug-likeness (QED) is 0.867. The van der Waals surface area contributed by atoms with Gasteiger partial charge in [0.25, 0.3) is 0 Å². The number of nitrogens with zero attached hydrogens (tertiary/aromatic N) is 1. The van der Waals surface area contributed by atoms with Crippen LogP contribution in [-0.2, 0) is 11.3 Å². The van der Waals surface area contributed by atoms with E-state index in [1.54, 1.807) is 13.3 Å². The zero-order valence-corrected chi connectivity index (χ0v) is 10.3. The van der Waals surface area contributed by atoms with Crippen molar-refractivity contribution in [3.8, 4) is 5.88 Å². The SMILES string of the molecule is COc1ncccc1COC1CCC(N)CC1. The summed E-state index contributed by atoms with van der Waals surface area (Å²) < 4.78 is 11.1. The minimum atomic E-state index is 0.333.